The summed E-state index contributed by atoms with van der Waals surface area (Å²) in [5, 5.41) is 7.04. The van der Waals surface area contributed by atoms with Gasteiger partial charge in [-0.15, -0.1) is 11.3 Å². The first kappa shape index (κ1) is 13.6. The van der Waals surface area contributed by atoms with Crippen LogP contribution in [0.4, 0.5) is 0 Å². The van der Waals surface area contributed by atoms with E-state index in [1.807, 2.05) is 0 Å². The van der Waals surface area contributed by atoms with Gasteiger partial charge in [0, 0.05) is 18.9 Å². The van der Waals surface area contributed by atoms with Gasteiger partial charge in [-0.2, -0.15) is 0 Å². The molecule has 3 amide bonds. The monoisotopic (exact) mass is 283 g/mol. The van der Waals surface area contributed by atoms with Gasteiger partial charge in [-0.25, -0.2) is 4.98 Å². The zero-order valence-electron chi connectivity index (χ0n) is 10.3. The van der Waals surface area contributed by atoms with Gasteiger partial charge in [-0.3, -0.25) is 19.7 Å². The predicted octanol–water partition coefficient (Wildman–Crippen LogP) is -0.176. The number of methoxy groups -OCH3 is 1. The quantitative estimate of drug-likeness (QED) is 0.747. The molecule has 1 atom stereocenters. The molecule has 0 aromatic carbocycles. The fourth-order valence-corrected chi connectivity index (χ4v) is 2.41. The van der Waals surface area contributed by atoms with Crippen molar-refractivity contribution in [2.75, 3.05) is 7.11 Å². The smallest absolute Gasteiger partial charge is 0.271 e. The number of aromatic nitrogens is 1. The van der Waals surface area contributed by atoms with Crippen molar-refractivity contribution in [1.29, 1.82) is 0 Å². The third-order valence-electron chi connectivity index (χ3n) is 2.60. The molecule has 1 unspecified atom stereocenters. The molecule has 19 heavy (non-hydrogen) atoms. The Bertz CT molecular complexity index is 514. The molecule has 1 saturated heterocycles. The number of nitrogens with zero attached hydrogens (tertiary/aromatic N) is 1. The molecule has 102 valence electrons. The van der Waals surface area contributed by atoms with Crippen LogP contribution >= 0.6 is 11.3 Å². The second kappa shape index (κ2) is 5.89. The molecule has 0 aliphatic carbocycles. The molecule has 1 aromatic rings. The van der Waals surface area contributed by atoms with E-state index in [0.717, 1.165) is 0 Å². The third-order valence-corrected chi connectivity index (χ3v) is 3.42. The highest BCUT2D eigenvalue weighted by atomic mass is 32.1. The minimum Gasteiger partial charge on any atom is -0.378 e. The zero-order chi connectivity index (χ0) is 13.8. The van der Waals surface area contributed by atoms with E-state index >= 15 is 0 Å². The molecule has 2 rings (SSSR count). The molecule has 0 bridgehead atoms. The Labute approximate surface area is 113 Å². The average molecular weight is 283 g/mol. The van der Waals surface area contributed by atoms with Crippen LogP contribution in [0.25, 0.3) is 0 Å². The highest BCUT2D eigenvalue weighted by Crippen LogP contribution is 2.12. The lowest BCUT2D eigenvalue weighted by Crippen LogP contribution is -2.52. The lowest BCUT2D eigenvalue weighted by molar-refractivity contribution is -0.134. The van der Waals surface area contributed by atoms with Crippen LogP contribution in [0.15, 0.2) is 5.38 Å². The van der Waals surface area contributed by atoms with Gasteiger partial charge < -0.3 is 10.1 Å². The Kier molecular flexibility index (Phi) is 4.23. The minimum absolute atomic E-state index is 0.225. The Morgan fingerprint density at radius 2 is 2.42 bits per heavy atom. The van der Waals surface area contributed by atoms with Gasteiger partial charge in [-0.1, -0.05) is 0 Å². The van der Waals surface area contributed by atoms with Crippen molar-refractivity contribution in [2.45, 2.75) is 25.5 Å². The fraction of sp³-hybridized carbons (Fsp3) is 0.455. The maximum atomic E-state index is 11.9. The first-order chi connectivity index (χ1) is 9.10. The van der Waals surface area contributed by atoms with Crippen molar-refractivity contribution in [2.24, 2.45) is 0 Å². The van der Waals surface area contributed by atoms with Crippen LogP contribution in [-0.2, 0) is 20.9 Å². The first-order valence-corrected chi connectivity index (χ1v) is 6.56. The summed E-state index contributed by atoms with van der Waals surface area (Å²) in [6.45, 7) is 0.344. The lowest BCUT2D eigenvalue weighted by atomic mass is 10.1. The van der Waals surface area contributed by atoms with Gasteiger partial charge >= 0.3 is 0 Å². The topological polar surface area (TPSA) is 97.4 Å². The molecule has 0 saturated carbocycles. The number of imide groups is 1. The second-order valence-corrected chi connectivity index (χ2v) is 4.98. The number of thiazole rings is 1. The van der Waals surface area contributed by atoms with E-state index in [1.165, 1.54) is 11.3 Å². The van der Waals surface area contributed by atoms with Gasteiger partial charge in [0.15, 0.2) is 0 Å². The van der Waals surface area contributed by atoms with E-state index in [0.29, 0.717) is 18.0 Å². The van der Waals surface area contributed by atoms with E-state index in [4.69, 9.17) is 4.74 Å². The molecule has 0 radical (unpaired) electrons. The summed E-state index contributed by atoms with van der Waals surface area (Å²) in [5.74, 6) is -1.21. The first-order valence-electron chi connectivity index (χ1n) is 5.68. The molecule has 1 aliphatic rings. The lowest BCUT2D eigenvalue weighted by Gasteiger charge is -2.21. The summed E-state index contributed by atoms with van der Waals surface area (Å²) in [7, 11) is 1.55. The number of carbonyl (C=O) groups excluding carboxylic acids is 3. The predicted molar refractivity (Wildman–Crippen MR) is 66.5 cm³/mol. The number of rotatable bonds is 4. The summed E-state index contributed by atoms with van der Waals surface area (Å²) >= 11 is 1.31. The number of hydrogen-bond donors (Lipinski definition) is 2. The Morgan fingerprint density at radius 3 is 3.11 bits per heavy atom. The number of nitrogens with one attached hydrogen (secondary N) is 2. The summed E-state index contributed by atoms with van der Waals surface area (Å²) < 4.78 is 4.91. The van der Waals surface area contributed by atoms with E-state index < -0.39 is 17.9 Å². The highest BCUT2D eigenvalue weighted by molar-refractivity contribution is 7.09. The summed E-state index contributed by atoms with van der Waals surface area (Å²) in [4.78, 5) is 38.4. The highest BCUT2D eigenvalue weighted by Gasteiger charge is 2.28. The molecule has 2 N–H and O–H groups in total. The Hall–Kier alpha value is -1.80. The van der Waals surface area contributed by atoms with Crippen molar-refractivity contribution in [3.05, 3.63) is 16.1 Å². The normalized spacial score (nSPS) is 19.1. The van der Waals surface area contributed by atoms with Crippen molar-refractivity contribution in [3.63, 3.8) is 0 Å². The number of amides is 3. The van der Waals surface area contributed by atoms with Crippen LogP contribution in [0.1, 0.15) is 28.3 Å². The standard InChI is InChI=1S/C11H13N3O4S/c1-18-4-9-12-7(5-19-9)11(17)13-6-2-3-8(15)14-10(6)16/h5-6H,2-4H2,1H3,(H,13,17)(H,14,15,16). The molecule has 1 fully saturated rings. The van der Waals surface area contributed by atoms with Crippen molar-refractivity contribution >= 4 is 29.1 Å². The van der Waals surface area contributed by atoms with Gasteiger partial charge in [0.25, 0.3) is 5.91 Å². The SMILES string of the molecule is COCc1nc(C(=O)NC2CCC(=O)NC2=O)cs1. The molecule has 0 spiro atoms. The molecule has 7 nitrogen and oxygen atoms in total. The van der Waals surface area contributed by atoms with E-state index in [2.05, 4.69) is 15.6 Å². The van der Waals surface area contributed by atoms with Crippen LogP contribution in [0.5, 0.6) is 0 Å². The second-order valence-electron chi connectivity index (χ2n) is 4.04. The number of piperidine rings is 1. The van der Waals surface area contributed by atoms with E-state index in [9.17, 15) is 14.4 Å². The van der Waals surface area contributed by atoms with Crippen LogP contribution in [0.2, 0.25) is 0 Å². The number of carbonyl (C=O) groups is 3. The fourth-order valence-electron chi connectivity index (χ4n) is 1.67. The van der Waals surface area contributed by atoms with Crippen molar-refractivity contribution < 1.29 is 19.1 Å². The number of ether oxygens (including phenoxy) is 1. The van der Waals surface area contributed by atoms with Gasteiger partial charge in [0.2, 0.25) is 11.8 Å². The van der Waals surface area contributed by atoms with Crippen LogP contribution < -0.4 is 10.6 Å². The Balaban J connectivity index is 1.96. The van der Waals surface area contributed by atoms with Crippen LogP contribution in [0, 0.1) is 0 Å². The Morgan fingerprint density at radius 1 is 1.63 bits per heavy atom. The van der Waals surface area contributed by atoms with E-state index in [1.54, 1.807) is 12.5 Å². The van der Waals surface area contributed by atoms with Crippen LogP contribution in [0.3, 0.4) is 0 Å². The molecule has 2 heterocycles. The maximum absolute atomic E-state index is 11.9. The summed E-state index contributed by atoms with van der Waals surface area (Å²) in [5.41, 5.74) is 0.252. The van der Waals surface area contributed by atoms with E-state index in [-0.39, 0.29) is 18.0 Å². The van der Waals surface area contributed by atoms with Gasteiger partial charge in [0.1, 0.15) is 16.7 Å². The largest absolute Gasteiger partial charge is 0.378 e. The molecular weight excluding hydrogens is 270 g/mol. The molecule has 1 aliphatic heterocycles. The summed E-state index contributed by atoms with van der Waals surface area (Å²) in [6, 6.07) is -0.683. The zero-order valence-corrected chi connectivity index (χ0v) is 11.1. The van der Waals surface area contributed by atoms with Gasteiger partial charge in [-0.05, 0) is 6.42 Å². The van der Waals surface area contributed by atoms with Crippen LogP contribution in [-0.4, -0.2) is 35.9 Å². The molecule has 8 heteroatoms. The summed E-state index contributed by atoms with van der Waals surface area (Å²) in [6.07, 6.45) is 0.536. The molecular formula is C11H13N3O4S. The minimum atomic E-state index is -0.683. The van der Waals surface area contributed by atoms with Crippen molar-refractivity contribution in [3.8, 4) is 0 Å². The molecule has 1 aromatic heterocycles. The van der Waals surface area contributed by atoms with Crippen molar-refractivity contribution in [1.82, 2.24) is 15.6 Å². The number of hydrogen-bond acceptors (Lipinski definition) is 6. The average Bonchev–Trinajstić information content (AvgIpc) is 2.82. The third kappa shape index (κ3) is 3.36. The maximum Gasteiger partial charge on any atom is 0.271 e. The van der Waals surface area contributed by atoms with Gasteiger partial charge in [0.05, 0.1) is 6.61 Å².